The average molecular weight is 617 g/mol. The zero-order chi connectivity index (χ0) is 6.24. The zero-order valence-corrected chi connectivity index (χ0v) is 19.2. The fraction of sp³-hybridized carbons (Fsp3) is 1.00. The van der Waals surface area contributed by atoms with Gasteiger partial charge in [0.2, 0.25) is 0 Å². The first-order chi connectivity index (χ1) is 3.91. The Morgan fingerprint density at radius 2 is 1.25 bits per heavy atom. The summed E-state index contributed by atoms with van der Waals surface area (Å²) in [5.74, 6) is 0. The standard InChI is InChI=1S/C4H8.2BrH.2Hg/c1-3-4-2;;;;/h1-4H2;2*1H;;/q;;;2*+1/p-2. The number of hydrogen-bond acceptors (Lipinski definition) is 0. The van der Waals surface area contributed by atoms with E-state index in [2.05, 4.69) is 23.8 Å². The van der Waals surface area contributed by atoms with Gasteiger partial charge in [-0.2, -0.15) is 0 Å². The molecule has 8 heavy (non-hydrogen) atoms. The third-order valence-corrected chi connectivity index (χ3v) is 16.8. The van der Waals surface area contributed by atoms with E-state index >= 15 is 0 Å². The van der Waals surface area contributed by atoms with Crippen molar-refractivity contribution < 1.29 is 44.3 Å². The molecule has 0 spiro atoms. The Bertz CT molecular complexity index is 37.0. The van der Waals surface area contributed by atoms with Gasteiger partial charge < -0.3 is 0 Å². The van der Waals surface area contributed by atoms with Gasteiger partial charge in [-0.1, -0.05) is 0 Å². The van der Waals surface area contributed by atoms with Gasteiger partial charge in [0.15, 0.2) is 0 Å². The SMILES string of the molecule is [Br][Hg][CH2]CC[CH2][Hg][Br]. The van der Waals surface area contributed by atoms with E-state index in [4.69, 9.17) is 0 Å². The van der Waals surface area contributed by atoms with Gasteiger partial charge in [0.05, 0.1) is 0 Å². The molecular formula is C4H8Br2Hg2. The predicted octanol–water partition coefficient (Wildman–Crippen LogP) is 3.39. The predicted molar refractivity (Wildman–Crippen MR) is 36.7 cm³/mol. The minimum absolute atomic E-state index is 0.379. The first kappa shape index (κ1) is 10.8. The molecule has 0 N–H and O–H groups in total. The molecule has 0 aromatic rings. The summed E-state index contributed by atoms with van der Waals surface area (Å²) in [7, 11) is 0. The van der Waals surface area contributed by atoms with Crippen LogP contribution in [0.4, 0.5) is 0 Å². The van der Waals surface area contributed by atoms with Crippen LogP contribution in [-0.2, 0) is 44.3 Å². The summed E-state index contributed by atoms with van der Waals surface area (Å²) < 4.78 is 3.17. The first-order valence-electron chi connectivity index (χ1n) is 3.03. The van der Waals surface area contributed by atoms with Crippen LogP contribution in [0.3, 0.4) is 0 Å². The summed E-state index contributed by atoms with van der Waals surface area (Å²) in [5.41, 5.74) is 0. The second-order valence-electron chi connectivity index (χ2n) is 1.79. The van der Waals surface area contributed by atoms with Crippen LogP contribution in [-0.4, -0.2) is 0 Å². The molecule has 0 heterocycles. The maximum absolute atomic E-state index is 3.63. The van der Waals surface area contributed by atoms with Gasteiger partial charge >= 0.3 is 88.8 Å². The molecule has 0 aliphatic heterocycles. The molecular weight excluding hydrogens is 609 g/mol. The molecule has 0 nitrogen and oxygen atoms in total. The number of rotatable bonds is 5. The molecule has 0 rings (SSSR count). The summed E-state index contributed by atoms with van der Waals surface area (Å²) in [5, 5.41) is 0. The summed E-state index contributed by atoms with van der Waals surface area (Å²) >= 11 is 6.50. The molecule has 0 saturated carbocycles. The van der Waals surface area contributed by atoms with Crippen molar-refractivity contribution in [3.05, 3.63) is 0 Å². The Kier molecular flexibility index (Phi) is 13.3. The van der Waals surface area contributed by atoms with Gasteiger partial charge in [-0.05, 0) is 0 Å². The normalized spacial score (nSPS) is 7.75. The van der Waals surface area contributed by atoms with Crippen molar-refractivity contribution in [3.8, 4) is 0 Å². The fourth-order valence-corrected chi connectivity index (χ4v) is 11.7. The zero-order valence-electron chi connectivity index (χ0n) is 5.00. The second-order valence-corrected chi connectivity index (χ2v) is 24.1. The molecule has 0 aliphatic rings. The summed E-state index contributed by atoms with van der Waals surface area (Å²) in [4.78, 5) is 0. The summed E-state index contributed by atoms with van der Waals surface area (Å²) in [6.07, 6.45) is 3.05. The molecule has 0 amide bonds. The van der Waals surface area contributed by atoms with E-state index < -0.39 is 0 Å². The molecule has 0 saturated heterocycles. The van der Waals surface area contributed by atoms with E-state index in [-0.39, 0.29) is 44.3 Å². The van der Waals surface area contributed by atoms with E-state index in [1.807, 2.05) is 0 Å². The number of hydrogen-bond donors (Lipinski definition) is 0. The molecule has 0 atom stereocenters. The van der Waals surface area contributed by atoms with Crippen molar-refractivity contribution in [1.29, 1.82) is 0 Å². The van der Waals surface area contributed by atoms with Crippen molar-refractivity contribution in [2.45, 2.75) is 20.7 Å². The van der Waals surface area contributed by atoms with Crippen LogP contribution in [0.15, 0.2) is 0 Å². The van der Waals surface area contributed by atoms with Crippen LogP contribution in [0, 0.1) is 0 Å². The van der Waals surface area contributed by atoms with Gasteiger partial charge in [0.25, 0.3) is 0 Å². The molecule has 0 fully saturated rings. The van der Waals surface area contributed by atoms with E-state index in [9.17, 15) is 0 Å². The Balaban J connectivity index is 2.53. The Hall–Kier alpha value is 2.83. The first-order valence-corrected chi connectivity index (χ1v) is 34.6. The molecule has 0 unspecified atom stereocenters. The molecule has 0 aliphatic carbocycles. The topological polar surface area (TPSA) is 0 Å². The fourth-order valence-electron chi connectivity index (χ4n) is 0.543. The van der Waals surface area contributed by atoms with Crippen LogP contribution >= 0.6 is 23.8 Å². The van der Waals surface area contributed by atoms with Gasteiger partial charge in [0.1, 0.15) is 0 Å². The van der Waals surface area contributed by atoms with Gasteiger partial charge in [0, 0.05) is 0 Å². The second kappa shape index (κ2) is 9.83. The Labute approximate surface area is 86.9 Å². The van der Waals surface area contributed by atoms with Gasteiger partial charge in [-0.15, -0.1) is 0 Å². The molecule has 42 valence electrons. The van der Waals surface area contributed by atoms with Gasteiger partial charge in [-0.3, -0.25) is 0 Å². The third-order valence-electron chi connectivity index (χ3n) is 1.02. The Morgan fingerprint density at radius 3 is 1.50 bits per heavy atom. The van der Waals surface area contributed by atoms with E-state index in [1.165, 1.54) is 12.8 Å². The van der Waals surface area contributed by atoms with Crippen LogP contribution in [0.1, 0.15) is 12.8 Å². The molecule has 4 heteroatoms. The van der Waals surface area contributed by atoms with Crippen molar-refractivity contribution in [3.63, 3.8) is 0 Å². The van der Waals surface area contributed by atoms with Crippen molar-refractivity contribution in [2.75, 3.05) is 0 Å². The van der Waals surface area contributed by atoms with Crippen LogP contribution in [0.25, 0.3) is 0 Å². The van der Waals surface area contributed by atoms with Crippen molar-refractivity contribution in [2.24, 2.45) is 0 Å². The number of unbranched alkanes of at least 4 members (excludes halogenated alkanes) is 1. The van der Waals surface area contributed by atoms with E-state index in [0.29, 0.717) is 0 Å². The third kappa shape index (κ3) is 8.83. The van der Waals surface area contributed by atoms with Crippen molar-refractivity contribution in [1.82, 2.24) is 0 Å². The summed E-state index contributed by atoms with van der Waals surface area (Å²) in [6.45, 7) is 0. The minimum atomic E-state index is -0.379. The molecule has 0 bridgehead atoms. The van der Waals surface area contributed by atoms with Crippen LogP contribution in [0.5, 0.6) is 0 Å². The molecule has 0 radical (unpaired) electrons. The molecule has 0 aromatic heterocycles. The Morgan fingerprint density at radius 1 is 0.875 bits per heavy atom. The van der Waals surface area contributed by atoms with Crippen molar-refractivity contribution >= 4 is 23.8 Å². The van der Waals surface area contributed by atoms with Gasteiger partial charge in [-0.25, -0.2) is 0 Å². The van der Waals surface area contributed by atoms with E-state index in [0.717, 1.165) is 0 Å². The average Bonchev–Trinajstić information content (AvgIpc) is 1.81. The quantitative estimate of drug-likeness (QED) is 0.328. The van der Waals surface area contributed by atoms with Crippen LogP contribution < -0.4 is 0 Å². The monoisotopic (exact) mass is 618 g/mol. The van der Waals surface area contributed by atoms with E-state index in [1.54, 1.807) is 7.86 Å². The maximum atomic E-state index is 3.63. The molecule has 0 aromatic carbocycles. The number of halogens is 2. The van der Waals surface area contributed by atoms with Crippen LogP contribution in [0.2, 0.25) is 7.86 Å². The summed E-state index contributed by atoms with van der Waals surface area (Å²) in [6, 6.07) is 0.